The highest BCUT2D eigenvalue weighted by Gasteiger charge is 2.14. The summed E-state index contributed by atoms with van der Waals surface area (Å²) in [4.78, 5) is 10.9. The van der Waals surface area contributed by atoms with Crippen LogP contribution in [0.1, 0.15) is 32.1 Å². The van der Waals surface area contributed by atoms with Crippen LogP contribution in [0.5, 0.6) is 0 Å². The molecule has 0 atom stereocenters. The number of nitrogens with one attached hydrogen (secondary N) is 1. The molecule has 1 aliphatic carbocycles. The molecule has 0 unspecified atom stereocenters. The molecule has 74 valence electrons. The third-order valence-corrected chi connectivity index (χ3v) is 2.41. The Morgan fingerprint density at radius 1 is 1.23 bits per heavy atom. The Bertz CT molecular complexity index is 296. The van der Waals surface area contributed by atoms with E-state index in [0.29, 0.717) is 0 Å². The highest BCUT2D eigenvalue weighted by atomic mass is 32.2. The Balaban J connectivity index is 2.39. The third-order valence-electron chi connectivity index (χ3n) is 2.09. The van der Waals surface area contributed by atoms with E-state index in [1.165, 1.54) is 6.42 Å². The number of urea groups is 1. The lowest BCUT2D eigenvalue weighted by Crippen LogP contribution is -2.34. The van der Waals surface area contributed by atoms with Crippen LogP contribution >= 0.6 is 0 Å². The molecule has 0 bridgehead atoms. The Kier molecular flexibility index (Phi) is 3.88. The minimum atomic E-state index is -2.64. The van der Waals surface area contributed by atoms with Crippen molar-refractivity contribution in [2.24, 2.45) is 4.36 Å². The molecule has 1 fully saturated rings. The van der Waals surface area contributed by atoms with Crippen LogP contribution in [-0.4, -0.2) is 20.5 Å². The summed E-state index contributed by atoms with van der Waals surface area (Å²) in [5.74, 6) is 0. The zero-order chi connectivity index (χ0) is 9.68. The molecule has 0 spiro atoms. The summed E-state index contributed by atoms with van der Waals surface area (Å²) < 4.78 is 22.9. The molecule has 0 aromatic rings. The lowest BCUT2D eigenvalue weighted by Gasteiger charge is -2.20. The Morgan fingerprint density at radius 2 is 1.85 bits per heavy atom. The molecular formula is C7H12N2O3S. The van der Waals surface area contributed by atoms with Gasteiger partial charge in [0.25, 0.3) is 0 Å². The predicted octanol–water partition coefficient (Wildman–Crippen LogP) is 1.09. The summed E-state index contributed by atoms with van der Waals surface area (Å²) in [6, 6.07) is -0.645. The molecular weight excluding hydrogens is 192 g/mol. The van der Waals surface area contributed by atoms with Crippen LogP contribution in [0.4, 0.5) is 4.79 Å². The molecule has 0 aliphatic heterocycles. The summed E-state index contributed by atoms with van der Waals surface area (Å²) in [5, 5.41) is 2.55. The molecule has 1 saturated carbocycles. The van der Waals surface area contributed by atoms with Crippen molar-refractivity contribution in [3.63, 3.8) is 0 Å². The van der Waals surface area contributed by atoms with E-state index in [4.69, 9.17) is 0 Å². The number of nitrogens with zero attached hydrogens (tertiary/aromatic N) is 1. The maximum absolute atomic E-state index is 10.9. The van der Waals surface area contributed by atoms with Crippen molar-refractivity contribution < 1.29 is 13.2 Å². The Hall–Kier alpha value is -0.910. The van der Waals surface area contributed by atoms with Gasteiger partial charge in [0.2, 0.25) is 0 Å². The molecule has 1 aliphatic rings. The standard InChI is InChI=1S/C7H12N2O3S/c10-7(9-13(11)12)8-6-4-2-1-3-5-6/h6H,1-5H2,(H,8,10). The summed E-state index contributed by atoms with van der Waals surface area (Å²) in [7, 11) is -2.64. The predicted molar refractivity (Wildman–Crippen MR) is 46.8 cm³/mol. The topological polar surface area (TPSA) is 75.6 Å². The van der Waals surface area contributed by atoms with Crippen LogP contribution in [0.2, 0.25) is 0 Å². The average molecular weight is 204 g/mol. The highest BCUT2D eigenvalue weighted by molar-refractivity contribution is 7.62. The first-order valence-electron chi connectivity index (χ1n) is 4.30. The van der Waals surface area contributed by atoms with Crippen molar-refractivity contribution in [2.45, 2.75) is 38.1 Å². The minimum Gasteiger partial charge on any atom is -0.333 e. The van der Waals surface area contributed by atoms with Crippen molar-refractivity contribution >= 4 is 16.5 Å². The molecule has 1 rings (SSSR count). The monoisotopic (exact) mass is 204 g/mol. The van der Waals surface area contributed by atoms with Crippen molar-refractivity contribution in [1.29, 1.82) is 0 Å². The zero-order valence-corrected chi connectivity index (χ0v) is 8.01. The van der Waals surface area contributed by atoms with Crippen molar-refractivity contribution in [1.82, 2.24) is 5.32 Å². The third kappa shape index (κ3) is 4.02. The first-order valence-corrected chi connectivity index (χ1v) is 5.33. The van der Waals surface area contributed by atoms with Crippen LogP contribution in [0, 0.1) is 0 Å². The first kappa shape index (κ1) is 10.2. The van der Waals surface area contributed by atoms with E-state index in [2.05, 4.69) is 9.68 Å². The van der Waals surface area contributed by atoms with Gasteiger partial charge in [0.15, 0.2) is 0 Å². The maximum Gasteiger partial charge on any atom is 0.356 e. The van der Waals surface area contributed by atoms with Crippen LogP contribution in [0.3, 0.4) is 0 Å². The van der Waals surface area contributed by atoms with Crippen molar-refractivity contribution in [3.05, 3.63) is 0 Å². The normalized spacial score (nSPS) is 17.8. The number of carbonyl (C=O) groups excluding carboxylic acids is 1. The Labute approximate surface area is 78.2 Å². The lowest BCUT2D eigenvalue weighted by molar-refractivity contribution is 0.241. The fraction of sp³-hybridized carbons (Fsp3) is 0.857. The van der Waals surface area contributed by atoms with E-state index in [1.807, 2.05) is 0 Å². The zero-order valence-electron chi connectivity index (χ0n) is 7.19. The van der Waals surface area contributed by atoms with Gasteiger partial charge in [-0.1, -0.05) is 23.6 Å². The smallest absolute Gasteiger partial charge is 0.333 e. The van der Waals surface area contributed by atoms with Gasteiger partial charge in [-0.05, 0) is 12.8 Å². The fourth-order valence-corrected chi connectivity index (χ4v) is 1.70. The van der Waals surface area contributed by atoms with E-state index in [0.717, 1.165) is 25.7 Å². The molecule has 6 heteroatoms. The SMILES string of the molecule is O=C(N=S(=O)=O)NC1CCCCC1. The van der Waals surface area contributed by atoms with Crippen LogP contribution in [0.15, 0.2) is 4.36 Å². The van der Waals surface area contributed by atoms with Gasteiger partial charge in [-0.25, -0.2) is 4.79 Å². The number of carbonyl (C=O) groups is 1. The van der Waals surface area contributed by atoms with Crippen LogP contribution < -0.4 is 5.32 Å². The molecule has 0 aromatic heterocycles. The maximum atomic E-state index is 10.9. The summed E-state index contributed by atoms with van der Waals surface area (Å²) in [6.07, 6.45) is 5.22. The quantitative estimate of drug-likeness (QED) is 0.694. The van der Waals surface area contributed by atoms with Gasteiger partial charge in [0, 0.05) is 6.04 Å². The number of hydrogen-bond donors (Lipinski definition) is 1. The Morgan fingerprint density at radius 3 is 2.38 bits per heavy atom. The highest BCUT2D eigenvalue weighted by Crippen LogP contribution is 2.17. The van der Waals surface area contributed by atoms with E-state index in [9.17, 15) is 13.2 Å². The lowest BCUT2D eigenvalue weighted by atomic mass is 9.96. The fourth-order valence-electron chi connectivity index (χ4n) is 1.52. The second-order valence-corrected chi connectivity index (χ2v) is 3.71. The number of hydrogen-bond acceptors (Lipinski definition) is 3. The van der Waals surface area contributed by atoms with Gasteiger partial charge < -0.3 is 5.32 Å². The molecule has 0 saturated heterocycles. The number of rotatable bonds is 1. The van der Waals surface area contributed by atoms with E-state index < -0.39 is 16.5 Å². The van der Waals surface area contributed by atoms with Gasteiger partial charge in [-0.15, -0.1) is 0 Å². The van der Waals surface area contributed by atoms with E-state index >= 15 is 0 Å². The minimum absolute atomic E-state index is 0.105. The number of amides is 2. The van der Waals surface area contributed by atoms with Gasteiger partial charge >= 0.3 is 16.5 Å². The summed E-state index contributed by atoms with van der Waals surface area (Å²) in [5.41, 5.74) is 0. The molecule has 0 aromatic carbocycles. The molecule has 0 radical (unpaired) electrons. The molecule has 2 amide bonds. The summed E-state index contributed by atoms with van der Waals surface area (Å²) >= 11 is 0. The van der Waals surface area contributed by atoms with Crippen molar-refractivity contribution in [3.8, 4) is 0 Å². The molecule has 5 nitrogen and oxygen atoms in total. The van der Waals surface area contributed by atoms with Gasteiger partial charge in [-0.3, -0.25) is 0 Å². The van der Waals surface area contributed by atoms with E-state index in [-0.39, 0.29) is 6.04 Å². The van der Waals surface area contributed by atoms with E-state index in [1.54, 1.807) is 0 Å². The van der Waals surface area contributed by atoms with Gasteiger partial charge in [0.1, 0.15) is 0 Å². The van der Waals surface area contributed by atoms with Gasteiger partial charge in [0.05, 0.1) is 0 Å². The second kappa shape index (κ2) is 4.96. The van der Waals surface area contributed by atoms with Crippen LogP contribution in [0.25, 0.3) is 0 Å². The molecule has 0 heterocycles. The largest absolute Gasteiger partial charge is 0.356 e. The van der Waals surface area contributed by atoms with Crippen LogP contribution in [-0.2, 0) is 10.5 Å². The average Bonchev–Trinajstić information content (AvgIpc) is 2.04. The molecule has 13 heavy (non-hydrogen) atoms. The summed E-state index contributed by atoms with van der Waals surface area (Å²) in [6.45, 7) is 0. The second-order valence-electron chi connectivity index (χ2n) is 3.09. The first-order chi connectivity index (χ1) is 6.18. The van der Waals surface area contributed by atoms with Crippen molar-refractivity contribution in [2.75, 3.05) is 0 Å². The molecule has 1 N–H and O–H groups in total. The van der Waals surface area contributed by atoms with Gasteiger partial charge in [-0.2, -0.15) is 8.42 Å².